The van der Waals surface area contributed by atoms with Crippen molar-refractivity contribution in [1.82, 2.24) is 4.98 Å². The highest BCUT2D eigenvalue weighted by molar-refractivity contribution is 7.92. The van der Waals surface area contributed by atoms with Crippen molar-refractivity contribution in [3.05, 3.63) is 46.8 Å². The fourth-order valence-corrected chi connectivity index (χ4v) is 4.43. The first-order valence-corrected chi connectivity index (χ1v) is 9.40. The number of hydrogen-bond acceptors (Lipinski definition) is 3. The summed E-state index contributed by atoms with van der Waals surface area (Å²) < 4.78 is 92.3. The predicted molar refractivity (Wildman–Crippen MR) is 85.6 cm³/mol. The second kappa shape index (κ2) is 6.79. The van der Waals surface area contributed by atoms with E-state index >= 15 is 0 Å². The zero-order valence-corrected chi connectivity index (χ0v) is 14.5. The Kier molecular flexibility index (Phi) is 4.93. The van der Waals surface area contributed by atoms with Crippen molar-refractivity contribution >= 4 is 15.7 Å². The third kappa shape index (κ3) is 3.79. The van der Waals surface area contributed by atoms with Crippen LogP contribution in [-0.2, 0) is 29.0 Å². The average Bonchev–Trinajstić information content (AvgIpc) is 3.00. The number of aromatic nitrogens is 1. The SMILES string of the molecule is O=S(=O)(Nc1cc(F)c(C(F)(F)F)cc1F)c1c[nH]c2c1CCC(CO)C2. The smallest absolute Gasteiger partial charge is 0.396 e. The summed E-state index contributed by atoms with van der Waals surface area (Å²) in [5, 5.41) is 9.21. The van der Waals surface area contributed by atoms with Crippen LogP contribution in [0.4, 0.5) is 27.6 Å². The van der Waals surface area contributed by atoms with Crippen molar-refractivity contribution in [2.75, 3.05) is 11.3 Å². The number of rotatable bonds is 4. The van der Waals surface area contributed by atoms with Gasteiger partial charge < -0.3 is 10.1 Å². The van der Waals surface area contributed by atoms with E-state index in [-0.39, 0.29) is 29.6 Å². The second-order valence-electron chi connectivity index (χ2n) is 6.32. The van der Waals surface area contributed by atoms with E-state index in [0.29, 0.717) is 30.5 Å². The van der Waals surface area contributed by atoms with Crippen LogP contribution in [0.2, 0.25) is 0 Å². The average molecular weight is 410 g/mol. The number of fused-ring (bicyclic) bond motifs is 1. The van der Waals surface area contributed by atoms with Crippen LogP contribution >= 0.6 is 0 Å². The molecule has 0 aliphatic heterocycles. The lowest BCUT2D eigenvalue weighted by Gasteiger charge is -2.21. The molecule has 5 nitrogen and oxygen atoms in total. The highest BCUT2D eigenvalue weighted by Gasteiger charge is 2.36. The van der Waals surface area contributed by atoms with E-state index in [4.69, 9.17) is 0 Å². The van der Waals surface area contributed by atoms with Gasteiger partial charge in [-0.15, -0.1) is 0 Å². The summed E-state index contributed by atoms with van der Waals surface area (Å²) in [5.41, 5.74) is -1.67. The van der Waals surface area contributed by atoms with Gasteiger partial charge in [0.25, 0.3) is 10.0 Å². The molecule has 1 aromatic carbocycles. The van der Waals surface area contributed by atoms with Gasteiger partial charge in [0.15, 0.2) is 0 Å². The molecule has 0 saturated heterocycles. The Bertz CT molecular complexity index is 969. The fraction of sp³-hybridized carbons (Fsp3) is 0.375. The summed E-state index contributed by atoms with van der Waals surface area (Å²) in [6, 6.07) is 0.0716. The van der Waals surface area contributed by atoms with Gasteiger partial charge >= 0.3 is 6.18 Å². The first-order valence-electron chi connectivity index (χ1n) is 7.92. The summed E-state index contributed by atoms with van der Waals surface area (Å²) in [4.78, 5) is 2.60. The number of aliphatic hydroxyl groups is 1. The molecule has 0 radical (unpaired) electrons. The first-order chi connectivity index (χ1) is 12.5. The third-order valence-electron chi connectivity index (χ3n) is 4.49. The molecule has 2 aromatic rings. The summed E-state index contributed by atoms with van der Waals surface area (Å²) in [6.07, 6.45) is -2.59. The summed E-state index contributed by atoms with van der Waals surface area (Å²) in [6.45, 7) is -0.0468. The summed E-state index contributed by atoms with van der Waals surface area (Å²) in [5.74, 6) is -3.35. The van der Waals surface area contributed by atoms with E-state index in [9.17, 15) is 35.5 Å². The van der Waals surface area contributed by atoms with Crippen LogP contribution < -0.4 is 4.72 Å². The Morgan fingerprint density at radius 3 is 2.56 bits per heavy atom. The second-order valence-corrected chi connectivity index (χ2v) is 7.97. The van der Waals surface area contributed by atoms with E-state index in [1.807, 2.05) is 0 Å². The Balaban J connectivity index is 1.93. The van der Waals surface area contributed by atoms with Crippen LogP contribution in [0.3, 0.4) is 0 Å². The van der Waals surface area contributed by atoms with Crippen LogP contribution in [0.1, 0.15) is 23.2 Å². The molecule has 1 aliphatic rings. The van der Waals surface area contributed by atoms with Crippen LogP contribution in [0.5, 0.6) is 0 Å². The van der Waals surface area contributed by atoms with Crippen molar-refractivity contribution in [3.8, 4) is 0 Å². The molecule has 0 bridgehead atoms. The molecule has 1 aromatic heterocycles. The lowest BCUT2D eigenvalue weighted by Crippen LogP contribution is -2.20. The maximum Gasteiger partial charge on any atom is 0.419 e. The zero-order chi connectivity index (χ0) is 20.0. The maximum atomic E-state index is 13.9. The van der Waals surface area contributed by atoms with Gasteiger partial charge in [-0.2, -0.15) is 13.2 Å². The lowest BCUT2D eigenvalue weighted by atomic mass is 9.89. The number of halogens is 5. The van der Waals surface area contributed by atoms with E-state index in [1.165, 1.54) is 6.20 Å². The number of sulfonamides is 1. The molecule has 0 fully saturated rings. The molecule has 1 heterocycles. The first kappa shape index (κ1) is 19.6. The third-order valence-corrected chi connectivity index (χ3v) is 5.92. The standard InChI is InChI=1S/C16H15F5N2O3S/c17-11-5-14(12(18)4-10(11)16(19,20)21)23-27(25,26)15-6-22-13-3-8(7-24)1-2-9(13)15/h4-6,8,22-24H,1-3,7H2. The molecule has 3 N–H and O–H groups in total. The van der Waals surface area contributed by atoms with Crippen LogP contribution in [0.15, 0.2) is 23.2 Å². The Morgan fingerprint density at radius 1 is 1.22 bits per heavy atom. The molecule has 0 spiro atoms. The minimum absolute atomic E-state index is 0.0129. The van der Waals surface area contributed by atoms with Gasteiger partial charge in [0.05, 0.1) is 11.3 Å². The number of aromatic amines is 1. The van der Waals surface area contributed by atoms with Crippen LogP contribution in [0, 0.1) is 17.6 Å². The molecule has 1 unspecified atom stereocenters. The number of benzene rings is 1. The number of nitrogens with one attached hydrogen (secondary N) is 2. The molecule has 3 rings (SSSR count). The molecule has 148 valence electrons. The fourth-order valence-electron chi connectivity index (χ4n) is 3.11. The van der Waals surface area contributed by atoms with Gasteiger partial charge in [-0.05, 0) is 36.8 Å². The highest BCUT2D eigenvalue weighted by atomic mass is 32.2. The van der Waals surface area contributed by atoms with Crippen molar-refractivity contribution in [3.63, 3.8) is 0 Å². The molecule has 1 aliphatic carbocycles. The van der Waals surface area contributed by atoms with E-state index in [0.717, 1.165) is 0 Å². The number of aliphatic hydroxyl groups excluding tert-OH is 1. The molecule has 11 heteroatoms. The van der Waals surface area contributed by atoms with Crippen molar-refractivity contribution in [1.29, 1.82) is 0 Å². The number of alkyl halides is 3. The van der Waals surface area contributed by atoms with E-state index < -0.39 is 39.1 Å². The van der Waals surface area contributed by atoms with Crippen molar-refractivity contribution in [2.45, 2.75) is 30.3 Å². The van der Waals surface area contributed by atoms with Crippen molar-refractivity contribution < 1.29 is 35.5 Å². The molecular formula is C16H15F5N2O3S. The minimum Gasteiger partial charge on any atom is -0.396 e. The van der Waals surface area contributed by atoms with Crippen LogP contribution in [0.25, 0.3) is 0 Å². The predicted octanol–water partition coefficient (Wildman–Crippen LogP) is 3.21. The molecule has 0 amide bonds. The topological polar surface area (TPSA) is 82.2 Å². The van der Waals surface area contributed by atoms with Crippen LogP contribution in [-0.4, -0.2) is 25.1 Å². The van der Waals surface area contributed by atoms with Gasteiger partial charge in [-0.1, -0.05) is 0 Å². The van der Waals surface area contributed by atoms with E-state index in [1.54, 1.807) is 4.72 Å². The van der Waals surface area contributed by atoms with E-state index in [2.05, 4.69) is 4.98 Å². The maximum absolute atomic E-state index is 13.9. The van der Waals surface area contributed by atoms with Gasteiger partial charge in [-0.25, -0.2) is 17.2 Å². The highest BCUT2D eigenvalue weighted by Crippen LogP contribution is 2.35. The number of hydrogen-bond donors (Lipinski definition) is 3. The lowest BCUT2D eigenvalue weighted by molar-refractivity contribution is -0.140. The zero-order valence-electron chi connectivity index (χ0n) is 13.7. The number of H-pyrrole nitrogens is 1. The molecule has 0 saturated carbocycles. The Hall–Kier alpha value is -2.14. The summed E-state index contributed by atoms with van der Waals surface area (Å²) >= 11 is 0. The van der Waals surface area contributed by atoms with Crippen molar-refractivity contribution in [2.24, 2.45) is 5.92 Å². The normalized spacial score (nSPS) is 17.6. The van der Waals surface area contributed by atoms with Gasteiger partial charge in [0, 0.05) is 24.6 Å². The Labute approximate surface area is 151 Å². The number of anilines is 1. The molecular weight excluding hydrogens is 395 g/mol. The Morgan fingerprint density at radius 2 is 1.93 bits per heavy atom. The minimum atomic E-state index is -5.11. The van der Waals surface area contributed by atoms with Gasteiger partial charge in [0.2, 0.25) is 0 Å². The summed E-state index contributed by atoms with van der Waals surface area (Å²) in [7, 11) is -4.35. The van der Waals surface area contributed by atoms with Gasteiger partial charge in [0.1, 0.15) is 16.5 Å². The van der Waals surface area contributed by atoms with Gasteiger partial charge in [-0.3, -0.25) is 4.72 Å². The molecule has 1 atom stereocenters. The molecule has 27 heavy (non-hydrogen) atoms. The largest absolute Gasteiger partial charge is 0.419 e. The monoisotopic (exact) mass is 410 g/mol. The quantitative estimate of drug-likeness (QED) is 0.677.